The topological polar surface area (TPSA) is 25.8 Å². The van der Waals surface area contributed by atoms with Crippen LogP contribution in [0.3, 0.4) is 0 Å². The van der Waals surface area contributed by atoms with E-state index in [-0.39, 0.29) is 16.3 Å². The first kappa shape index (κ1) is 8.66. The molecule has 0 N–H and O–H groups in total. The van der Waals surface area contributed by atoms with Crippen molar-refractivity contribution in [3.63, 3.8) is 0 Å². The lowest BCUT2D eigenvalue weighted by molar-refractivity contribution is 0.629. The first-order chi connectivity index (χ1) is 6.16. The molecular formula is C8H3Cl2FN2. The Morgan fingerprint density at radius 2 is 1.92 bits per heavy atom. The average molecular weight is 217 g/mol. The van der Waals surface area contributed by atoms with Gasteiger partial charge in [0.15, 0.2) is 0 Å². The summed E-state index contributed by atoms with van der Waals surface area (Å²) in [7, 11) is 0. The van der Waals surface area contributed by atoms with E-state index in [1.54, 1.807) is 0 Å². The lowest BCUT2D eigenvalue weighted by Crippen LogP contribution is -1.87. The molecule has 0 amide bonds. The highest BCUT2D eigenvalue weighted by atomic mass is 35.5. The molecule has 1 aromatic heterocycles. The van der Waals surface area contributed by atoms with Crippen LogP contribution >= 0.6 is 23.2 Å². The SMILES string of the molecule is Fc1ccc2c(Cl)nc(Cl)nc2c1. The molecule has 0 saturated carbocycles. The molecule has 0 aliphatic rings. The maximum atomic E-state index is 12.8. The van der Waals surface area contributed by atoms with Gasteiger partial charge in [-0.15, -0.1) is 0 Å². The molecule has 66 valence electrons. The van der Waals surface area contributed by atoms with Crippen molar-refractivity contribution in [3.8, 4) is 0 Å². The quantitative estimate of drug-likeness (QED) is 0.500. The van der Waals surface area contributed by atoms with E-state index in [0.717, 1.165) is 0 Å². The van der Waals surface area contributed by atoms with Gasteiger partial charge in [-0.3, -0.25) is 0 Å². The smallest absolute Gasteiger partial charge is 0.218 e. The predicted molar refractivity (Wildman–Crippen MR) is 49.5 cm³/mol. The average Bonchev–Trinajstić information content (AvgIpc) is 2.02. The molecule has 2 aromatic rings. The molecule has 0 spiro atoms. The molecule has 2 nitrogen and oxygen atoms in total. The Hall–Kier alpha value is -0.930. The fourth-order valence-electron chi connectivity index (χ4n) is 1.04. The van der Waals surface area contributed by atoms with Gasteiger partial charge in [-0.05, 0) is 23.7 Å². The summed E-state index contributed by atoms with van der Waals surface area (Å²) in [6.07, 6.45) is 0. The normalized spacial score (nSPS) is 10.7. The van der Waals surface area contributed by atoms with Gasteiger partial charge in [0.1, 0.15) is 11.0 Å². The standard InChI is InChI=1S/C8H3Cl2FN2/c9-7-5-2-1-4(11)3-6(5)12-8(10)13-7/h1-3H. The third kappa shape index (κ3) is 1.57. The maximum absolute atomic E-state index is 12.8. The molecule has 0 saturated heterocycles. The Morgan fingerprint density at radius 1 is 1.15 bits per heavy atom. The van der Waals surface area contributed by atoms with Crippen molar-refractivity contribution in [3.05, 3.63) is 34.5 Å². The Kier molecular flexibility index (Phi) is 2.06. The molecule has 0 unspecified atom stereocenters. The molecule has 5 heteroatoms. The summed E-state index contributed by atoms with van der Waals surface area (Å²) < 4.78 is 12.8. The third-order valence-corrected chi connectivity index (χ3v) is 2.04. The van der Waals surface area contributed by atoms with Crippen molar-refractivity contribution >= 4 is 34.1 Å². The molecule has 0 radical (unpaired) electrons. The lowest BCUT2D eigenvalue weighted by Gasteiger charge is -1.99. The minimum atomic E-state index is -0.377. The molecule has 1 heterocycles. The Morgan fingerprint density at radius 3 is 2.69 bits per heavy atom. The lowest BCUT2D eigenvalue weighted by atomic mass is 10.2. The van der Waals surface area contributed by atoms with Crippen LogP contribution in [0.2, 0.25) is 10.4 Å². The first-order valence-corrected chi connectivity index (χ1v) is 4.21. The van der Waals surface area contributed by atoms with E-state index in [1.807, 2.05) is 0 Å². The summed E-state index contributed by atoms with van der Waals surface area (Å²) >= 11 is 11.3. The summed E-state index contributed by atoms with van der Waals surface area (Å²) in [6, 6.07) is 4.07. The highest BCUT2D eigenvalue weighted by Crippen LogP contribution is 2.22. The van der Waals surface area contributed by atoms with Crippen LogP contribution in [-0.2, 0) is 0 Å². The van der Waals surface area contributed by atoms with Gasteiger partial charge < -0.3 is 0 Å². The van der Waals surface area contributed by atoms with Crippen molar-refractivity contribution in [2.75, 3.05) is 0 Å². The maximum Gasteiger partial charge on any atom is 0.224 e. The fourth-order valence-corrected chi connectivity index (χ4v) is 1.50. The Labute approximate surface area is 83.3 Å². The van der Waals surface area contributed by atoms with E-state index >= 15 is 0 Å². The molecule has 0 fully saturated rings. The number of hydrogen-bond donors (Lipinski definition) is 0. The van der Waals surface area contributed by atoms with Gasteiger partial charge in [-0.1, -0.05) is 11.6 Å². The van der Waals surface area contributed by atoms with E-state index in [1.165, 1.54) is 18.2 Å². The van der Waals surface area contributed by atoms with Crippen LogP contribution in [0.5, 0.6) is 0 Å². The van der Waals surface area contributed by atoms with Crippen LogP contribution in [-0.4, -0.2) is 9.97 Å². The zero-order valence-corrected chi connectivity index (χ0v) is 7.77. The van der Waals surface area contributed by atoms with Gasteiger partial charge in [0.25, 0.3) is 0 Å². The molecule has 0 aliphatic heterocycles. The van der Waals surface area contributed by atoms with Crippen LogP contribution in [0.25, 0.3) is 10.9 Å². The molecule has 0 bridgehead atoms. The van der Waals surface area contributed by atoms with Gasteiger partial charge in [0, 0.05) is 11.5 Å². The largest absolute Gasteiger partial charge is 0.224 e. The number of benzene rings is 1. The van der Waals surface area contributed by atoms with E-state index in [4.69, 9.17) is 23.2 Å². The van der Waals surface area contributed by atoms with Crippen molar-refractivity contribution in [1.82, 2.24) is 9.97 Å². The number of fused-ring (bicyclic) bond motifs is 1. The van der Waals surface area contributed by atoms with Crippen LogP contribution in [0.4, 0.5) is 4.39 Å². The summed E-state index contributed by atoms with van der Waals surface area (Å²) in [6.45, 7) is 0. The number of nitrogens with zero attached hydrogens (tertiary/aromatic N) is 2. The second kappa shape index (κ2) is 3.09. The van der Waals surface area contributed by atoms with E-state index < -0.39 is 0 Å². The fraction of sp³-hybridized carbons (Fsp3) is 0. The highest BCUT2D eigenvalue weighted by molar-refractivity contribution is 6.35. The van der Waals surface area contributed by atoms with Gasteiger partial charge in [-0.25, -0.2) is 14.4 Å². The van der Waals surface area contributed by atoms with Gasteiger partial charge >= 0.3 is 0 Å². The van der Waals surface area contributed by atoms with Crippen molar-refractivity contribution < 1.29 is 4.39 Å². The second-order valence-corrected chi connectivity index (χ2v) is 3.14. The van der Waals surface area contributed by atoms with Crippen LogP contribution < -0.4 is 0 Å². The molecule has 1 aromatic carbocycles. The Balaban J connectivity index is 2.86. The van der Waals surface area contributed by atoms with Crippen molar-refractivity contribution in [1.29, 1.82) is 0 Å². The molecular weight excluding hydrogens is 214 g/mol. The van der Waals surface area contributed by atoms with Gasteiger partial charge in [-0.2, -0.15) is 0 Å². The van der Waals surface area contributed by atoms with Crippen LogP contribution in [0, 0.1) is 5.82 Å². The Bertz CT molecular complexity index is 468. The molecule has 0 aliphatic carbocycles. The molecule has 2 rings (SSSR count). The summed E-state index contributed by atoms with van der Waals surface area (Å²) in [5.74, 6) is -0.377. The number of halogens is 3. The first-order valence-electron chi connectivity index (χ1n) is 3.45. The minimum Gasteiger partial charge on any atom is -0.218 e. The third-order valence-electron chi connectivity index (χ3n) is 1.59. The van der Waals surface area contributed by atoms with Gasteiger partial charge in [0.05, 0.1) is 5.52 Å². The van der Waals surface area contributed by atoms with E-state index in [2.05, 4.69) is 9.97 Å². The summed E-state index contributed by atoms with van der Waals surface area (Å²) in [5.41, 5.74) is 0.407. The predicted octanol–water partition coefficient (Wildman–Crippen LogP) is 3.08. The second-order valence-electron chi connectivity index (χ2n) is 2.44. The monoisotopic (exact) mass is 216 g/mol. The van der Waals surface area contributed by atoms with Crippen LogP contribution in [0.1, 0.15) is 0 Å². The number of rotatable bonds is 0. The highest BCUT2D eigenvalue weighted by Gasteiger charge is 2.04. The number of hydrogen-bond acceptors (Lipinski definition) is 2. The van der Waals surface area contributed by atoms with Gasteiger partial charge in [0.2, 0.25) is 5.28 Å². The van der Waals surface area contributed by atoms with E-state index in [0.29, 0.717) is 10.9 Å². The zero-order chi connectivity index (χ0) is 9.42. The molecule has 0 atom stereocenters. The van der Waals surface area contributed by atoms with Crippen molar-refractivity contribution in [2.45, 2.75) is 0 Å². The summed E-state index contributed by atoms with van der Waals surface area (Å²) in [5, 5.41) is 0.838. The minimum absolute atomic E-state index is 0.0168. The van der Waals surface area contributed by atoms with Crippen LogP contribution in [0.15, 0.2) is 18.2 Å². The van der Waals surface area contributed by atoms with Crippen molar-refractivity contribution in [2.24, 2.45) is 0 Å². The van der Waals surface area contributed by atoms with E-state index in [9.17, 15) is 4.39 Å². The number of aromatic nitrogens is 2. The zero-order valence-electron chi connectivity index (χ0n) is 6.26. The molecule has 13 heavy (non-hydrogen) atoms. The summed E-state index contributed by atoms with van der Waals surface area (Å²) in [4.78, 5) is 7.56.